The first-order chi connectivity index (χ1) is 14.9. The number of likely N-dealkylation sites (tertiary alicyclic amines) is 1. The molecule has 1 fully saturated rings. The Morgan fingerprint density at radius 3 is 2.55 bits per heavy atom. The van der Waals surface area contributed by atoms with E-state index in [1.165, 1.54) is 24.3 Å². The number of hydrogen-bond donors (Lipinski definition) is 2. The van der Waals surface area contributed by atoms with Crippen molar-refractivity contribution in [2.45, 2.75) is 38.5 Å². The molecule has 7 nitrogen and oxygen atoms in total. The molecule has 0 radical (unpaired) electrons. The predicted molar refractivity (Wildman–Crippen MR) is 115 cm³/mol. The fourth-order valence-electron chi connectivity index (χ4n) is 3.44. The number of rotatable bonds is 7. The number of carbonyl (C=O) groups is 2. The molecule has 2 N–H and O–H groups in total. The van der Waals surface area contributed by atoms with Gasteiger partial charge in [0.2, 0.25) is 0 Å². The van der Waals surface area contributed by atoms with Gasteiger partial charge in [0.05, 0.1) is 13.7 Å². The van der Waals surface area contributed by atoms with Gasteiger partial charge in [-0.15, -0.1) is 0 Å². The first-order valence-corrected chi connectivity index (χ1v) is 10.3. The molecule has 0 spiro atoms. The van der Waals surface area contributed by atoms with Crippen molar-refractivity contribution in [1.29, 1.82) is 0 Å². The lowest BCUT2D eigenvalue weighted by Crippen LogP contribution is -2.49. The van der Waals surface area contributed by atoms with Crippen LogP contribution >= 0.6 is 0 Å². The van der Waals surface area contributed by atoms with E-state index in [1.54, 1.807) is 18.9 Å². The second kappa shape index (κ2) is 10.8. The van der Waals surface area contributed by atoms with Crippen LogP contribution in [0.4, 0.5) is 14.9 Å². The smallest absolute Gasteiger partial charge is 0.319 e. The molecule has 1 saturated heterocycles. The molecule has 166 valence electrons. The molecule has 1 aliphatic heterocycles. The average Bonchev–Trinajstić information content (AvgIpc) is 2.79. The topological polar surface area (TPSA) is 79.9 Å². The number of anilines is 1. The molecule has 0 saturated carbocycles. The number of nitrogens with zero attached hydrogens (tertiary/aromatic N) is 1. The van der Waals surface area contributed by atoms with Gasteiger partial charge in [-0.25, -0.2) is 9.18 Å². The molecule has 2 aromatic rings. The second-order valence-corrected chi connectivity index (χ2v) is 7.51. The number of benzene rings is 2. The number of methoxy groups -OCH3 is 1. The summed E-state index contributed by atoms with van der Waals surface area (Å²) in [5.41, 5.74) is 1.46. The van der Waals surface area contributed by atoms with Crippen molar-refractivity contribution >= 4 is 17.6 Å². The van der Waals surface area contributed by atoms with Crippen LogP contribution in [0.15, 0.2) is 48.5 Å². The van der Waals surface area contributed by atoms with E-state index in [0.717, 1.165) is 11.3 Å². The zero-order chi connectivity index (χ0) is 22.2. The summed E-state index contributed by atoms with van der Waals surface area (Å²) < 4.78 is 23.9. The lowest BCUT2D eigenvalue weighted by Gasteiger charge is -2.33. The van der Waals surface area contributed by atoms with E-state index in [4.69, 9.17) is 9.47 Å². The highest BCUT2D eigenvalue weighted by Gasteiger charge is 2.27. The van der Waals surface area contributed by atoms with E-state index in [1.807, 2.05) is 24.3 Å². The van der Waals surface area contributed by atoms with Crippen molar-refractivity contribution in [3.05, 3.63) is 59.9 Å². The summed E-state index contributed by atoms with van der Waals surface area (Å²) in [5.74, 6) is 0.333. The van der Waals surface area contributed by atoms with Crippen LogP contribution in [0.2, 0.25) is 0 Å². The predicted octanol–water partition coefficient (Wildman–Crippen LogP) is 3.55. The van der Waals surface area contributed by atoms with E-state index in [0.29, 0.717) is 38.2 Å². The molecule has 1 unspecified atom stereocenters. The lowest BCUT2D eigenvalue weighted by molar-refractivity contribution is -0.144. The van der Waals surface area contributed by atoms with Gasteiger partial charge in [-0.2, -0.15) is 0 Å². The molecule has 8 heteroatoms. The SMILES string of the molecule is COc1cccc(COC(C)C(=O)N2CCC(NC(=O)Nc3ccc(F)cc3)CC2)c1. The summed E-state index contributed by atoms with van der Waals surface area (Å²) in [4.78, 5) is 26.6. The molecule has 0 aromatic heterocycles. The van der Waals surface area contributed by atoms with Gasteiger partial charge in [-0.3, -0.25) is 4.79 Å². The Balaban J connectivity index is 1.40. The van der Waals surface area contributed by atoms with E-state index >= 15 is 0 Å². The van der Waals surface area contributed by atoms with Crippen molar-refractivity contribution in [3.8, 4) is 5.75 Å². The van der Waals surface area contributed by atoms with Crippen LogP contribution in [0.5, 0.6) is 5.75 Å². The minimum Gasteiger partial charge on any atom is -0.497 e. The molecule has 0 bridgehead atoms. The fraction of sp³-hybridized carbons (Fsp3) is 0.391. The molecule has 1 aliphatic rings. The summed E-state index contributed by atoms with van der Waals surface area (Å²) >= 11 is 0. The third-order valence-corrected chi connectivity index (χ3v) is 5.23. The lowest BCUT2D eigenvalue weighted by atomic mass is 10.0. The van der Waals surface area contributed by atoms with Crippen LogP contribution in [-0.2, 0) is 16.1 Å². The quantitative estimate of drug-likeness (QED) is 0.706. The molecule has 1 heterocycles. The molecular formula is C23H28FN3O4. The van der Waals surface area contributed by atoms with Crippen LogP contribution in [0.3, 0.4) is 0 Å². The van der Waals surface area contributed by atoms with E-state index in [9.17, 15) is 14.0 Å². The standard InChI is InChI=1S/C23H28FN3O4/c1-16(31-15-17-4-3-5-21(14-17)30-2)22(28)27-12-10-20(11-13-27)26-23(29)25-19-8-6-18(24)7-9-19/h3-9,14,16,20H,10-13,15H2,1-2H3,(H2,25,26,29). The summed E-state index contributed by atoms with van der Waals surface area (Å²) in [6, 6.07) is 12.8. The molecule has 2 aromatic carbocycles. The molecule has 31 heavy (non-hydrogen) atoms. The number of urea groups is 1. The van der Waals surface area contributed by atoms with Crippen molar-refractivity contribution in [2.75, 3.05) is 25.5 Å². The number of nitrogens with one attached hydrogen (secondary N) is 2. The maximum Gasteiger partial charge on any atom is 0.319 e. The van der Waals surface area contributed by atoms with E-state index in [2.05, 4.69) is 10.6 Å². The summed E-state index contributed by atoms with van der Waals surface area (Å²) in [6.45, 7) is 3.18. The summed E-state index contributed by atoms with van der Waals surface area (Å²) in [6.07, 6.45) is 0.758. The van der Waals surface area contributed by atoms with Crippen LogP contribution < -0.4 is 15.4 Å². The number of carbonyl (C=O) groups excluding carboxylic acids is 2. The summed E-state index contributed by atoms with van der Waals surface area (Å²) in [5, 5.41) is 5.59. The highest BCUT2D eigenvalue weighted by atomic mass is 19.1. The Bertz CT molecular complexity index is 883. The van der Waals surface area contributed by atoms with E-state index < -0.39 is 6.10 Å². The zero-order valence-electron chi connectivity index (χ0n) is 17.8. The Morgan fingerprint density at radius 2 is 1.87 bits per heavy atom. The van der Waals surface area contributed by atoms with Gasteiger partial charge in [0, 0.05) is 24.8 Å². The second-order valence-electron chi connectivity index (χ2n) is 7.51. The van der Waals surface area contributed by atoms with Crippen molar-refractivity contribution in [3.63, 3.8) is 0 Å². The fourth-order valence-corrected chi connectivity index (χ4v) is 3.44. The van der Waals surface area contributed by atoms with Gasteiger partial charge in [-0.05, 0) is 61.7 Å². The Labute approximate surface area is 181 Å². The minimum absolute atomic E-state index is 0.0301. The first-order valence-electron chi connectivity index (χ1n) is 10.3. The van der Waals surface area contributed by atoms with Gasteiger partial charge >= 0.3 is 6.03 Å². The van der Waals surface area contributed by atoms with Crippen molar-refractivity contribution < 1.29 is 23.5 Å². The largest absolute Gasteiger partial charge is 0.497 e. The normalized spacial score (nSPS) is 15.3. The van der Waals surface area contributed by atoms with Crippen molar-refractivity contribution in [2.24, 2.45) is 0 Å². The molecule has 0 aliphatic carbocycles. The maximum atomic E-state index is 12.9. The van der Waals surface area contributed by atoms with Crippen molar-refractivity contribution in [1.82, 2.24) is 10.2 Å². The van der Waals surface area contributed by atoms with E-state index in [-0.39, 0.29) is 23.8 Å². The minimum atomic E-state index is -0.558. The maximum absolute atomic E-state index is 12.9. The van der Waals surface area contributed by atoms with Gasteiger partial charge < -0.3 is 25.0 Å². The zero-order valence-corrected chi connectivity index (χ0v) is 17.8. The monoisotopic (exact) mass is 429 g/mol. The summed E-state index contributed by atoms with van der Waals surface area (Å²) in [7, 11) is 1.61. The van der Waals surface area contributed by atoms with Crippen LogP contribution in [-0.4, -0.2) is 49.2 Å². The third kappa shape index (κ3) is 6.68. The number of hydrogen-bond acceptors (Lipinski definition) is 4. The Hall–Kier alpha value is -3.13. The van der Waals surface area contributed by atoms with Gasteiger partial charge in [0.15, 0.2) is 0 Å². The highest BCUT2D eigenvalue weighted by molar-refractivity contribution is 5.89. The number of halogens is 1. The molecular weight excluding hydrogens is 401 g/mol. The highest BCUT2D eigenvalue weighted by Crippen LogP contribution is 2.16. The third-order valence-electron chi connectivity index (χ3n) is 5.23. The molecule has 1 atom stereocenters. The number of piperidine rings is 1. The van der Waals surface area contributed by atoms with Crippen LogP contribution in [0.25, 0.3) is 0 Å². The number of amides is 3. The molecule has 3 amide bonds. The van der Waals surface area contributed by atoms with Crippen LogP contribution in [0.1, 0.15) is 25.3 Å². The first kappa shape index (κ1) is 22.6. The van der Waals surface area contributed by atoms with Gasteiger partial charge in [-0.1, -0.05) is 12.1 Å². The van der Waals surface area contributed by atoms with Crippen LogP contribution in [0, 0.1) is 5.82 Å². The number of ether oxygens (including phenoxy) is 2. The Morgan fingerprint density at radius 1 is 1.16 bits per heavy atom. The Kier molecular flexibility index (Phi) is 7.83. The molecule has 3 rings (SSSR count). The van der Waals surface area contributed by atoms with Gasteiger partial charge in [0.25, 0.3) is 5.91 Å². The average molecular weight is 429 g/mol. The van der Waals surface area contributed by atoms with Gasteiger partial charge in [0.1, 0.15) is 17.7 Å².